The number of benzene rings is 1. The number of nitriles is 1. The van der Waals surface area contributed by atoms with Gasteiger partial charge in [-0.15, -0.1) is 0 Å². The molecule has 7 atom stereocenters. The highest BCUT2D eigenvalue weighted by atomic mass is 16.5. The number of rotatable bonds is 7. The first kappa shape index (κ1) is 28.9. The Morgan fingerprint density at radius 3 is 2.59 bits per heavy atom. The van der Waals surface area contributed by atoms with Gasteiger partial charge in [0.25, 0.3) is 5.91 Å². The van der Waals surface area contributed by atoms with E-state index >= 15 is 0 Å². The van der Waals surface area contributed by atoms with Gasteiger partial charge < -0.3 is 30.3 Å². The molecule has 0 bridgehead atoms. The smallest absolute Gasteiger partial charge is 0.265 e. The van der Waals surface area contributed by atoms with Gasteiger partial charge in [0.15, 0.2) is 6.10 Å². The Hall–Kier alpha value is -3.65. The van der Waals surface area contributed by atoms with E-state index in [1.165, 1.54) is 0 Å². The van der Waals surface area contributed by atoms with Crippen LogP contribution >= 0.6 is 0 Å². The quantitative estimate of drug-likeness (QED) is 0.457. The molecule has 3 fully saturated rings. The molecule has 220 valence electrons. The van der Waals surface area contributed by atoms with Crippen LogP contribution < -0.4 is 20.7 Å². The molecular formula is C30H39N5O6. The normalized spacial score (nSPS) is 29.1. The average Bonchev–Trinajstić information content (AvgIpc) is 3.36. The predicted molar refractivity (Wildman–Crippen MR) is 148 cm³/mol. The Kier molecular flexibility index (Phi) is 7.49. The van der Waals surface area contributed by atoms with E-state index in [0.717, 1.165) is 0 Å². The molecule has 3 aliphatic heterocycles. The molecule has 11 heteroatoms. The number of nitrogens with zero attached hydrogens (tertiary/aromatic N) is 2. The summed E-state index contributed by atoms with van der Waals surface area (Å²) in [7, 11) is 0. The van der Waals surface area contributed by atoms with Gasteiger partial charge in [0, 0.05) is 19.6 Å². The summed E-state index contributed by atoms with van der Waals surface area (Å²) < 4.78 is 11.2. The van der Waals surface area contributed by atoms with Crippen molar-refractivity contribution in [3.63, 3.8) is 0 Å². The molecule has 1 saturated carbocycles. The van der Waals surface area contributed by atoms with Crippen LogP contribution in [0.1, 0.15) is 47.5 Å². The Morgan fingerprint density at radius 2 is 1.93 bits per heavy atom. The standard InChI is InChI=1S/C30H39N5O6/c1-29(2,3)24(34-25(36)16-10-11-40-15-16)28(39)35-14-18-22(30(18,4)5)23(35)27(38)32-17(13-31)12-21-26(37)33-19-8-6-7-9-20(19)41-21/h6-9,16-18,21-24H,10-12,14-15H2,1-5H3,(H,32,38)(H,33,37)(H,34,36)/t16?,17-,18-,21-,22-,23-,24+/m0/s1. The highest BCUT2D eigenvalue weighted by molar-refractivity contribution is 5.98. The molecule has 4 amide bonds. The van der Waals surface area contributed by atoms with E-state index in [4.69, 9.17) is 9.47 Å². The Bertz CT molecular complexity index is 1280. The zero-order valence-electron chi connectivity index (χ0n) is 24.2. The summed E-state index contributed by atoms with van der Waals surface area (Å²) in [6, 6.07) is 6.45. The van der Waals surface area contributed by atoms with E-state index in [1.807, 2.05) is 20.8 Å². The zero-order valence-corrected chi connectivity index (χ0v) is 24.2. The third-order valence-electron chi connectivity index (χ3n) is 9.09. The van der Waals surface area contributed by atoms with Crippen molar-refractivity contribution >= 4 is 29.3 Å². The van der Waals surface area contributed by atoms with Gasteiger partial charge in [-0.1, -0.05) is 46.8 Å². The lowest BCUT2D eigenvalue weighted by molar-refractivity contribution is -0.146. The molecule has 41 heavy (non-hydrogen) atoms. The number of carbonyl (C=O) groups excluding carboxylic acids is 4. The molecule has 0 spiro atoms. The van der Waals surface area contributed by atoms with Crippen molar-refractivity contribution in [1.29, 1.82) is 5.26 Å². The van der Waals surface area contributed by atoms with Crippen molar-refractivity contribution < 1.29 is 28.7 Å². The second-order valence-corrected chi connectivity index (χ2v) is 13.3. The first-order valence-electron chi connectivity index (χ1n) is 14.3. The van der Waals surface area contributed by atoms with Gasteiger partial charge in [-0.05, 0) is 41.2 Å². The summed E-state index contributed by atoms with van der Waals surface area (Å²) in [5.74, 6) is -1.13. The van der Waals surface area contributed by atoms with Crippen LogP contribution in [0.15, 0.2) is 24.3 Å². The van der Waals surface area contributed by atoms with Gasteiger partial charge >= 0.3 is 0 Å². The number of anilines is 1. The van der Waals surface area contributed by atoms with E-state index in [9.17, 15) is 24.4 Å². The molecule has 0 aromatic heterocycles. The number of fused-ring (bicyclic) bond motifs is 2. The maximum atomic E-state index is 14.0. The lowest BCUT2D eigenvalue weighted by Crippen LogP contribution is -2.60. The van der Waals surface area contributed by atoms with E-state index in [2.05, 4.69) is 35.9 Å². The molecule has 11 nitrogen and oxygen atoms in total. The molecule has 1 aromatic rings. The molecule has 0 radical (unpaired) electrons. The molecule has 2 saturated heterocycles. The molecular weight excluding hydrogens is 526 g/mol. The minimum absolute atomic E-state index is 0.0509. The van der Waals surface area contributed by atoms with Crippen LogP contribution in [-0.4, -0.2) is 72.5 Å². The molecule has 4 aliphatic rings. The van der Waals surface area contributed by atoms with Crippen LogP contribution in [-0.2, 0) is 23.9 Å². The van der Waals surface area contributed by atoms with E-state index in [1.54, 1.807) is 29.2 Å². The number of likely N-dealkylation sites (tertiary alicyclic amines) is 1. The fourth-order valence-electron chi connectivity index (χ4n) is 6.49. The summed E-state index contributed by atoms with van der Waals surface area (Å²) in [4.78, 5) is 55.0. The summed E-state index contributed by atoms with van der Waals surface area (Å²) in [6.07, 6.45) is -0.403. The maximum absolute atomic E-state index is 14.0. The van der Waals surface area contributed by atoms with Gasteiger partial charge in [0.1, 0.15) is 23.9 Å². The van der Waals surface area contributed by atoms with Crippen molar-refractivity contribution in [3.8, 4) is 11.8 Å². The minimum Gasteiger partial charge on any atom is -0.478 e. The van der Waals surface area contributed by atoms with E-state index < -0.39 is 41.5 Å². The van der Waals surface area contributed by atoms with Crippen LogP contribution in [0.2, 0.25) is 0 Å². The molecule has 5 rings (SSSR count). The first-order valence-corrected chi connectivity index (χ1v) is 14.3. The SMILES string of the molecule is CC(C)(C)[C@H](NC(=O)C1CCOC1)C(=O)N1C[C@H]2[C@@H]([C@H]1C(=O)N[C@H](C#N)C[C@@H]1Oc3ccccc3NC1=O)C2(C)C. The van der Waals surface area contributed by atoms with Gasteiger partial charge in [0.05, 0.1) is 24.3 Å². The van der Waals surface area contributed by atoms with Gasteiger partial charge in [0.2, 0.25) is 17.7 Å². The number of carbonyl (C=O) groups is 4. The van der Waals surface area contributed by atoms with E-state index in [-0.39, 0.29) is 41.4 Å². The van der Waals surface area contributed by atoms with Gasteiger partial charge in [-0.25, -0.2) is 0 Å². The van der Waals surface area contributed by atoms with Crippen molar-refractivity contribution in [3.05, 3.63) is 24.3 Å². The van der Waals surface area contributed by atoms with Crippen LogP contribution in [0.3, 0.4) is 0 Å². The van der Waals surface area contributed by atoms with Crippen molar-refractivity contribution in [2.24, 2.45) is 28.6 Å². The molecule has 1 aliphatic carbocycles. The lowest BCUT2D eigenvalue weighted by Gasteiger charge is -2.38. The van der Waals surface area contributed by atoms with Crippen molar-refractivity contribution in [1.82, 2.24) is 15.5 Å². The fraction of sp³-hybridized carbons (Fsp3) is 0.633. The van der Waals surface area contributed by atoms with Gasteiger partial charge in [-0.3, -0.25) is 19.2 Å². The van der Waals surface area contributed by atoms with Crippen LogP contribution in [0, 0.1) is 39.9 Å². The lowest BCUT2D eigenvalue weighted by atomic mass is 9.84. The van der Waals surface area contributed by atoms with Crippen LogP contribution in [0.4, 0.5) is 5.69 Å². The second kappa shape index (κ2) is 10.6. The monoisotopic (exact) mass is 565 g/mol. The number of ether oxygens (including phenoxy) is 2. The second-order valence-electron chi connectivity index (χ2n) is 13.3. The molecule has 1 unspecified atom stereocenters. The fourth-order valence-corrected chi connectivity index (χ4v) is 6.49. The minimum atomic E-state index is -1.01. The van der Waals surface area contributed by atoms with Crippen molar-refractivity contribution in [2.45, 2.75) is 71.7 Å². The number of nitrogens with one attached hydrogen (secondary N) is 3. The Morgan fingerprint density at radius 1 is 1.20 bits per heavy atom. The molecule has 1 aromatic carbocycles. The number of para-hydroxylation sites is 2. The summed E-state index contributed by atoms with van der Waals surface area (Å²) >= 11 is 0. The predicted octanol–water partition coefficient (Wildman–Crippen LogP) is 1.83. The number of hydrogen-bond donors (Lipinski definition) is 3. The third kappa shape index (κ3) is 5.49. The highest BCUT2D eigenvalue weighted by Crippen LogP contribution is 2.65. The first-order chi connectivity index (χ1) is 19.3. The maximum Gasteiger partial charge on any atom is 0.265 e. The van der Waals surface area contributed by atoms with Gasteiger partial charge in [-0.2, -0.15) is 5.26 Å². The topological polar surface area (TPSA) is 150 Å². The average molecular weight is 566 g/mol. The summed E-state index contributed by atoms with van der Waals surface area (Å²) in [5.41, 5.74) is -0.194. The molecule has 3 N–H and O–H groups in total. The Labute approximate surface area is 240 Å². The largest absolute Gasteiger partial charge is 0.478 e. The summed E-state index contributed by atoms with van der Waals surface area (Å²) in [6.45, 7) is 11.0. The number of hydrogen-bond acceptors (Lipinski definition) is 7. The summed E-state index contributed by atoms with van der Waals surface area (Å²) in [5, 5.41) is 18.4. The number of amides is 4. The number of piperidine rings is 1. The van der Waals surface area contributed by atoms with E-state index in [0.29, 0.717) is 37.6 Å². The Balaban J connectivity index is 1.31. The zero-order chi connectivity index (χ0) is 29.7. The van der Waals surface area contributed by atoms with Crippen molar-refractivity contribution in [2.75, 3.05) is 25.1 Å². The highest BCUT2D eigenvalue weighted by Gasteiger charge is 2.69. The third-order valence-corrected chi connectivity index (χ3v) is 9.09. The van der Waals surface area contributed by atoms with Crippen LogP contribution in [0.25, 0.3) is 0 Å². The van der Waals surface area contributed by atoms with Crippen LogP contribution in [0.5, 0.6) is 5.75 Å². The molecule has 3 heterocycles.